The predicted octanol–water partition coefficient (Wildman–Crippen LogP) is 4.34. The van der Waals surface area contributed by atoms with Crippen molar-refractivity contribution >= 4 is 47.1 Å². The number of anilines is 4. The highest BCUT2D eigenvalue weighted by molar-refractivity contribution is 5.82. The monoisotopic (exact) mass is 529 g/mol. The first kappa shape index (κ1) is 26.0. The Bertz CT molecular complexity index is 1480. The normalized spacial score (nSPS) is 11.0. The van der Waals surface area contributed by atoms with E-state index in [0.29, 0.717) is 11.1 Å². The third kappa shape index (κ3) is 6.98. The number of benzene rings is 3. The molecule has 0 aliphatic rings. The van der Waals surface area contributed by atoms with Crippen LogP contribution in [0.5, 0.6) is 11.5 Å². The van der Waals surface area contributed by atoms with Crippen molar-refractivity contribution in [1.29, 1.82) is 0 Å². The molecule has 0 saturated heterocycles. The van der Waals surface area contributed by atoms with E-state index in [0.717, 1.165) is 17.8 Å². The lowest BCUT2D eigenvalue weighted by Crippen LogP contribution is -2.04. The molecule has 15 heteroatoms. The number of nitro groups is 2. The highest BCUT2D eigenvalue weighted by Gasteiger charge is 2.13. The fourth-order valence-corrected chi connectivity index (χ4v) is 3.16. The molecule has 39 heavy (non-hydrogen) atoms. The second-order valence-electron chi connectivity index (χ2n) is 7.70. The van der Waals surface area contributed by atoms with Crippen LogP contribution in [-0.4, -0.2) is 42.5 Å². The Labute approximate surface area is 219 Å². The zero-order chi connectivity index (χ0) is 27.8. The first-order valence-electron chi connectivity index (χ1n) is 11.0. The van der Waals surface area contributed by atoms with Crippen LogP contribution in [0.3, 0.4) is 0 Å². The van der Waals surface area contributed by atoms with Crippen LogP contribution in [0.15, 0.2) is 83.0 Å². The van der Waals surface area contributed by atoms with E-state index in [1.165, 1.54) is 42.8 Å². The minimum absolute atomic E-state index is 0.195. The summed E-state index contributed by atoms with van der Waals surface area (Å²) in [6.45, 7) is 0. The van der Waals surface area contributed by atoms with E-state index in [2.05, 4.69) is 36.3 Å². The number of hydrogen-bond donors (Lipinski definition) is 5. The fraction of sp³-hybridized carbons (Fsp3) is 0. The number of nitrogens with one attached hydrogen (secondary N) is 3. The number of aromatic nitrogens is 2. The SMILES string of the molecule is O=[N+]([O-])c1ccc(C=NNc2cc(NN=Cc3ccc([N+](=O)[O-])c(O)c3)nc(Nc3ccccc3)n2)cc1O. The molecule has 0 bridgehead atoms. The summed E-state index contributed by atoms with van der Waals surface area (Å²) < 4.78 is 0. The lowest BCUT2D eigenvalue weighted by molar-refractivity contribution is -0.386. The topological polar surface area (TPSA) is 213 Å². The molecular weight excluding hydrogens is 510 g/mol. The fourth-order valence-electron chi connectivity index (χ4n) is 3.16. The van der Waals surface area contributed by atoms with Crippen molar-refractivity contribution in [1.82, 2.24) is 9.97 Å². The molecule has 0 aliphatic heterocycles. The number of aromatic hydroxyl groups is 2. The minimum atomic E-state index is -0.696. The molecule has 0 aliphatic carbocycles. The van der Waals surface area contributed by atoms with Crippen LogP contribution in [0, 0.1) is 20.2 Å². The smallest absolute Gasteiger partial charge is 0.310 e. The lowest BCUT2D eigenvalue weighted by atomic mass is 10.2. The molecule has 0 atom stereocenters. The Hall–Kier alpha value is -6.12. The van der Waals surface area contributed by atoms with Gasteiger partial charge in [-0.1, -0.05) is 18.2 Å². The number of rotatable bonds is 10. The lowest BCUT2D eigenvalue weighted by Gasteiger charge is -2.09. The standard InChI is InChI=1S/C24H19N9O6/c34-20-10-15(6-8-18(20)32(36)37)13-25-30-22-12-23(29-24(28-22)27-17-4-2-1-3-5-17)31-26-14-16-7-9-19(33(38)39)21(35)11-16/h1-14,34-35H,(H3,27,28,29,30,31). The maximum absolute atomic E-state index is 10.9. The first-order valence-corrected chi connectivity index (χ1v) is 11.0. The van der Waals surface area contributed by atoms with Gasteiger partial charge in [0.1, 0.15) is 0 Å². The quantitative estimate of drug-likeness (QED) is 0.111. The van der Waals surface area contributed by atoms with E-state index >= 15 is 0 Å². The molecule has 0 saturated carbocycles. The molecule has 4 rings (SSSR count). The summed E-state index contributed by atoms with van der Waals surface area (Å²) >= 11 is 0. The molecular formula is C24H19N9O6. The van der Waals surface area contributed by atoms with Crippen LogP contribution in [0.4, 0.5) is 34.6 Å². The number of nitrogens with zero attached hydrogens (tertiary/aromatic N) is 6. The Morgan fingerprint density at radius 2 is 1.21 bits per heavy atom. The van der Waals surface area contributed by atoms with Crippen molar-refractivity contribution in [3.05, 3.63) is 104 Å². The average Bonchev–Trinajstić information content (AvgIpc) is 2.89. The maximum Gasteiger partial charge on any atom is 0.310 e. The Balaban J connectivity index is 1.53. The van der Waals surface area contributed by atoms with Crippen LogP contribution in [-0.2, 0) is 0 Å². The number of hydrazone groups is 2. The van der Waals surface area contributed by atoms with Gasteiger partial charge in [0.25, 0.3) is 0 Å². The molecule has 4 aromatic rings. The Morgan fingerprint density at radius 3 is 1.64 bits per heavy atom. The van der Waals surface area contributed by atoms with E-state index in [1.54, 1.807) is 0 Å². The van der Waals surface area contributed by atoms with Gasteiger partial charge in [-0.05, 0) is 47.5 Å². The Kier molecular flexibility index (Phi) is 7.82. The van der Waals surface area contributed by atoms with Crippen molar-refractivity contribution in [3.63, 3.8) is 0 Å². The van der Waals surface area contributed by atoms with Crippen LogP contribution < -0.4 is 16.2 Å². The number of nitro benzene ring substituents is 2. The van der Waals surface area contributed by atoms with Gasteiger partial charge in [-0.3, -0.25) is 31.1 Å². The van der Waals surface area contributed by atoms with E-state index in [1.807, 2.05) is 30.3 Å². The van der Waals surface area contributed by atoms with Crippen molar-refractivity contribution in [2.75, 3.05) is 16.2 Å². The van der Waals surface area contributed by atoms with Crippen molar-refractivity contribution < 1.29 is 20.1 Å². The van der Waals surface area contributed by atoms with E-state index in [4.69, 9.17) is 0 Å². The summed E-state index contributed by atoms with van der Waals surface area (Å²) in [5.74, 6) is -0.301. The molecule has 0 amide bonds. The third-order valence-corrected chi connectivity index (χ3v) is 4.93. The molecule has 196 valence electrons. The van der Waals surface area contributed by atoms with Gasteiger partial charge in [-0.25, -0.2) is 0 Å². The minimum Gasteiger partial charge on any atom is -0.502 e. The molecule has 0 radical (unpaired) electrons. The number of phenols is 2. The maximum atomic E-state index is 10.9. The van der Waals surface area contributed by atoms with Gasteiger partial charge in [-0.2, -0.15) is 20.2 Å². The zero-order valence-corrected chi connectivity index (χ0v) is 19.8. The van der Waals surface area contributed by atoms with Crippen molar-refractivity contribution in [2.24, 2.45) is 10.2 Å². The Morgan fingerprint density at radius 1 is 0.718 bits per heavy atom. The number of hydrogen-bond acceptors (Lipinski definition) is 13. The number of para-hydroxylation sites is 1. The second kappa shape index (κ2) is 11.7. The molecule has 15 nitrogen and oxygen atoms in total. The van der Waals surface area contributed by atoms with Crippen molar-refractivity contribution in [2.45, 2.75) is 0 Å². The summed E-state index contributed by atoms with van der Waals surface area (Å²) in [6.07, 6.45) is 2.67. The summed E-state index contributed by atoms with van der Waals surface area (Å²) in [7, 11) is 0. The molecule has 3 aromatic carbocycles. The third-order valence-electron chi connectivity index (χ3n) is 4.93. The van der Waals surface area contributed by atoms with Crippen LogP contribution >= 0.6 is 0 Å². The molecule has 1 aromatic heterocycles. The van der Waals surface area contributed by atoms with Gasteiger partial charge in [0.15, 0.2) is 23.1 Å². The summed E-state index contributed by atoms with van der Waals surface area (Å²) in [6, 6.07) is 18.2. The van der Waals surface area contributed by atoms with E-state index in [-0.39, 0.29) is 17.6 Å². The van der Waals surface area contributed by atoms with Crippen molar-refractivity contribution in [3.8, 4) is 11.5 Å². The summed E-state index contributed by atoms with van der Waals surface area (Å²) in [5.41, 5.74) is 6.12. The molecule has 0 fully saturated rings. The van der Waals surface area contributed by atoms with Crippen LogP contribution in [0.25, 0.3) is 0 Å². The summed E-state index contributed by atoms with van der Waals surface area (Å²) in [4.78, 5) is 29.0. The first-order chi connectivity index (χ1) is 18.8. The molecule has 0 spiro atoms. The van der Waals surface area contributed by atoms with E-state index in [9.17, 15) is 30.4 Å². The largest absolute Gasteiger partial charge is 0.502 e. The van der Waals surface area contributed by atoms with Crippen LogP contribution in [0.1, 0.15) is 11.1 Å². The summed E-state index contributed by atoms with van der Waals surface area (Å²) in [5, 5.41) is 52.5. The van der Waals surface area contributed by atoms with Gasteiger partial charge < -0.3 is 15.5 Å². The van der Waals surface area contributed by atoms with Gasteiger partial charge in [0.05, 0.1) is 22.3 Å². The van der Waals surface area contributed by atoms with Gasteiger partial charge in [-0.15, -0.1) is 0 Å². The second-order valence-corrected chi connectivity index (χ2v) is 7.70. The zero-order valence-electron chi connectivity index (χ0n) is 19.8. The molecule has 0 unspecified atom stereocenters. The van der Waals surface area contributed by atoms with E-state index < -0.39 is 32.7 Å². The van der Waals surface area contributed by atoms with Gasteiger partial charge in [0, 0.05) is 23.9 Å². The molecule has 1 heterocycles. The highest BCUT2D eigenvalue weighted by atomic mass is 16.6. The van der Waals surface area contributed by atoms with Gasteiger partial charge in [0.2, 0.25) is 5.95 Å². The molecule has 5 N–H and O–H groups in total. The number of phenolic OH excluding ortho intramolecular Hbond substituents is 2. The highest BCUT2D eigenvalue weighted by Crippen LogP contribution is 2.26. The average molecular weight is 529 g/mol. The van der Waals surface area contributed by atoms with Crippen LogP contribution in [0.2, 0.25) is 0 Å². The van der Waals surface area contributed by atoms with Gasteiger partial charge >= 0.3 is 11.4 Å². The predicted molar refractivity (Wildman–Crippen MR) is 144 cm³/mol.